The van der Waals surface area contributed by atoms with E-state index in [9.17, 15) is 8.42 Å². The Morgan fingerprint density at radius 1 is 1.44 bits per heavy atom. The van der Waals surface area contributed by atoms with Crippen LogP contribution in [0.3, 0.4) is 0 Å². The minimum Gasteiger partial charge on any atom is -0.396 e. The van der Waals surface area contributed by atoms with E-state index in [4.69, 9.17) is 5.73 Å². The number of anilines is 2. The first kappa shape index (κ1) is 10.8. The molecule has 0 atom stereocenters. The summed E-state index contributed by atoms with van der Waals surface area (Å²) in [6.45, 7) is 0. The summed E-state index contributed by atoms with van der Waals surface area (Å²) in [5, 5.41) is 3.62. The number of nitrogens with two attached hydrogens (primary N) is 1. The predicted molar refractivity (Wildman–Crippen MR) is 59.4 cm³/mol. The van der Waals surface area contributed by atoms with E-state index < -0.39 is 10.0 Å². The highest BCUT2D eigenvalue weighted by atomic mass is 32.2. The normalized spacial score (nSPS) is 11.2. The van der Waals surface area contributed by atoms with Gasteiger partial charge in [-0.1, -0.05) is 4.49 Å². The van der Waals surface area contributed by atoms with Crippen LogP contribution in [0.1, 0.15) is 0 Å². The van der Waals surface area contributed by atoms with Crippen molar-refractivity contribution in [2.24, 2.45) is 0 Å². The number of nitrogen functional groups attached to an aromatic ring is 1. The molecule has 0 radical (unpaired) electrons. The van der Waals surface area contributed by atoms with Gasteiger partial charge in [-0.15, -0.1) is 5.10 Å². The lowest BCUT2D eigenvalue weighted by molar-refractivity contribution is 0.598. The molecule has 0 amide bonds. The molecule has 16 heavy (non-hydrogen) atoms. The minimum absolute atomic E-state index is 0.0903. The minimum atomic E-state index is -3.77. The van der Waals surface area contributed by atoms with Gasteiger partial charge in [-0.05, 0) is 12.1 Å². The molecule has 7 nitrogen and oxygen atoms in total. The Morgan fingerprint density at radius 3 is 2.88 bits per heavy atom. The molecule has 0 spiro atoms. The second kappa shape index (κ2) is 4.02. The number of sulfonamides is 1. The highest BCUT2D eigenvalue weighted by Gasteiger charge is 2.19. The highest BCUT2D eigenvalue weighted by Crippen LogP contribution is 2.19. The summed E-state index contributed by atoms with van der Waals surface area (Å²) >= 11 is 0.930. The number of aromatic nitrogens is 3. The van der Waals surface area contributed by atoms with Crippen molar-refractivity contribution in [3.63, 3.8) is 0 Å². The quantitative estimate of drug-likeness (QED) is 0.819. The van der Waals surface area contributed by atoms with Gasteiger partial charge in [0.25, 0.3) is 10.0 Å². The van der Waals surface area contributed by atoms with E-state index in [0.717, 1.165) is 11.5 Å². The highest BCUT2D eigenvalue weighted by molar-refractivity contribution is 7.93. The Labute approximate surface area is 95.5 Å². The topological polar surface area (TPSA) is 111 Å². The second-order valence-corrected chi connectivity index (χ2v) is 5.17. The number of hydrogen-bond donors (Lipinski definition) is 2. The van der Waals surface area contributed by atoms with Crippen LogP contribution in [0.5, 0.6) is 0 Å². The third-order valence-electron chi connectivity index (χ3n) is 1.65. The van der Waals surface area contributed by atoms with Gasteiger partial charge < -0.3 is 5.73 Å². The number of pyridine rings is 1. The van der Waals surface area contributed by atoms with Crippen molar-refractivity contribution in [2.75, 3.05) is 10.5 Å². The molecule has 0 fully saturated rings. The number of nitrogens with zero attached hydrogens (tertiary/aromatic N) is 3. The fourth-order valence-corrected chi connectivity index (χ4v) is 2.77. The third kappa shape index (κ3) is 2.09. The molecule has 0 saturated heterocycles. The van der Waals surface area contributed by atoms with Crippen molar-refractivity contribution in [3.8, 4) is 0 Å². The number of nitrogens with one attached hydrogen (secondary N) is 1. The molecule has 9 heteroatoms. The van der Waals surface area contributed by atoms with Gasteiger partial charge in [-0.3, -0.25) is 4.72 Å². The molecule has 0 bridgehead atoms. The first-order chi connectivity index (χ1) is 7.59. The molecule has 0 aliphatic rings. The Hall–Kier alpha value is -1.74. The van der Waals surface area contributed by atoms with Gasteiger partial charge in [0, 0.05) is 17.7 Å². The van der Waals surface area contributed by atoms with E-state index in [1.165, 1.54) is 18.5 Å². The van der Waals surface area contributed by atoms with Crippen molar-refractivity contribution in [1.82, 2.24) is 14.6 Å². The van der Waals surface area contributed by atoms with Crippen molar-refractivity contribution in [1.29, 1.82) is 0 Å². The summed E-state index contributed by atoms with van der Waals surface area (Å²) in [4.78, 5) is 3.72. The lowest BCUT2D eigenvalue weighted by Gasteiger charge is -2.05. The molecular weight excluding hydrogens is 250 g/mol. The first-order valence-electron chi connectivity index (χ1n) is 4.10. The Bertz CT molecular complexity index is 581. The van der Waals surface area contributed by atoms with Crippen molar-refractivity contribution >= 4 is 32.2 Å². The smallest absolute Gasteiger partial charge is 0.282 e. The van der Waals surface area contributed by atoms with Crippen LogP contribution in [0.2, 0.25) is 0 Å². The van der Waals surface area contributed by atoms with E-state index in [-0.39, 0.29) is 10.7 Å². The SMILES string of the molecule is Nc1cccnc1S(=O)(=O)Nc1cnns1. The van der Waals surface area contributed by atoms with Crippen LogP contribution < -0.4 is 10.5 Å². The molecule has 84 valence electrons. The number of hydrogen-bond acceptors (Lipinski definition) is 7. The lowest BCUT2D eigenvalue weighted by atomic mass is 10.4. The van der Waals surface area contributed by atoms with Crippen LogP contribution in [0, 0.1) is 0 Å². The predicted octanol–water partition coefficient (Wildman–Crippen LogP) is 0.316. The standard InChI is InChI=1S/C7H7N5O2S2/c8-5-2-1-3-9-7(5)16(13,14)11-6-4-10-12-15-6/h1-4,11H,8H2. The van der Waals surface area contributed by atoms with Gasteiger partial charge in [0.1, 0.15) is 5.00 Å². The Morgan fingerprint density at radius 2 is 2.25 bits per heavy atom. The summed E-state index contributed by atoms with van der Waals surface area (Å²) in [5.74, 6) is 0. The maximum atomic E-state index is 11.8. The van der Waals surface area contributed by atoms with Gasteiger partial charge in [0.05, 0.1) is 11.9 Å². The molecule has 2 rings (SSSR count). The fraction of sp³-hybridized carbons (Fsp3) is 0. The first-order valence-corrected chi connectivity index (χ1v) is 6.36. The molecule has 0 aliphatic carbocycles. The monoisotopic (exact) mass is 257 g/mol. The maximum absolute atomic E-state index is 11.8. The zero-order valence-electron chi connectivity index (χ0n) is 7.86. The van der Waals surface area contributed by atoms with Gasteiger partial charge in [-0.2, -0.15) is 8.42 Å². The Kier molecular flexibility index (Phi) is 2.71. The third-order valence-corrected chi connectivity index (χ3v) is 3.70. The molecule has 2 heterocycles. The molecule has 3 N–H and O–H groups in total. The van der Waals surface area contributed by atoms with Gasteiger partial charge in [0.2, 0.25) is 0 Å². The molecule has 2 aromatic rings. The van der Waals surface area contributed by atoms with Crippen molar-refractivity contribution in [3.05, 3.63) is 24.5 Å². The largest absolute Gasteiger partial charge is 0.396 e. The molecular formula is C7H7N5O2S2. The van der Waals surface area contributed by atoms with Gasteiger partial charge in [-0.25, -0.2) is 4.98 Å². The van der Waals surface area contributed by atoms with Crippen LogP contribution in [0.25, 0.3) is 0 Å². The number of rotatable bonds is 3. The summed E-state index contributed by atoms with van der Waals surface area (Å²) < 4.78 is 29.4. The van der Waals surface area contributed by atoms with Crippen LogP contribution in [0.15, 0.2) is 29.6 Å². The molecule has 0 unspecified atom stereocenters. The molecule has 2 aromatic heterocycles. The van der Waals surface area contributed by atoms with Gasteiger partial charge >= 0.3 is 0 Å². The van der Waals surface area contributed by atoms with Crippen molar-refractivity contribution < 1.29 is 8.42 Å². The average Bonchev–Trinajstić information content (AvgIpc) is 2.70. The van der Waals surface area contributed by atoms with Crippen LogP contribution in [0.4, 0.5) is 10.7 Å². The average molecular weight is 257 g/mol. The second-order valence-electron chi connectivity index (χ2n) is 2.79. The van der Waals surface area contributed by atoms with E-state index in [1.54, 1.807) is 6.07 Å². The summed E-state index contributed by atoms with van der Waals surface area (Å²) in [5.41, 5.74) is 5.62. The zero-order valence-corrected chi connectivity index (χ0v) is 9.49. The van der Waals surface area contributed by atoms with E-state index in [0.29, 0.717) is 5.00 Å². The Balaban J connectivity index is 2.37. The van der Waals surface area contributed by atoms with Crippen molar-refractivity contribution in [2.45, 2.75) is 5.03 Å². The van der Waals surface area contributed by atoms with E-state index in [1.807, 2.05) is 0 Å². The molecule has 0 saturated carbocycles. The van der Waals surface area contributed by atoms with Crippen LogP contribution in [-0.2, 0) is 10.0 Å². The molecule has 0 aromatic carbocycles. The summed E-state index contributed by atoms with van der Waals surface area (Å²) in [6, 6.07) is 3.02. The zero-order chi connectivity index (χ0) is 11.6. The van der Waals surface area contributed by atoms with Gasteiger partial charge in [0.15, 0.2) is 5.03 Å². The maximum Gasteiger partial charge on any atom is 0.282 e. The summed E-state index contributed by atoms with van der Waals surface area (Å²) in [6.07, 6.45) is 2.66. The van der Waals surface area contributed by atoms with E-state index >= 15 is 0 Å². The van der Waals surface area contributed by atoms with Crippen LogP contribution in [-0.4, -0.2) is 23.0 Å². The van der Waals surface area contributed by atoms with Crippen LogP contribution >= 0.6 is 11.5 Å². The fourth-order valence-electron chi connectivity index (χ4n) is 1.02. The van der Waals surface area contributed by atoms with E-state index in [2.05, 4.69) is 19.3 Å². The molecule has 0 aliphatic heterocycles. The summed E-state index contributed by atoms with van der Waals surface area (Å²) in [7, 11) is -3.77. The lowest BCUT2D eigenvalue weighted by Crippen LogP contribution is -2.15.